The molecule has 4 heterocycles. The third-order valence-electron chi connectivity index (χ3n) is 8.55. The maximum Gasteiger partial charge on any atom is 0.254 e. The van der Waals surface area contributed by atoms with Gasteiger partial charge in [0.05, 0.1) is 29.3 Å². The fraction of sp³-hybridized carbons (Fsp3) is 0.562. The quantitative estimate of drug-likeness (QED) is 0.307. The minimum atomic E-state index is -0.584. The molecule has 2 aromatic heterocycles. The molecule has 1 aromatic carbocycles. The van der Waals surface area contributed by atoms with Gasteiger partial charge in [0.1, 0.15) is 24.3 Å². The Morgan fingerprint density at radius 1 is 1.18 bits per heavy atom. The molecule has 2 amide bonds. The van der Waals surface area contributed by atoms with Gasteiger partial charge in [-0.2, -0.15) is 0 Å². The van der Waals surface area contributed by atoms with Crippen LogP contribution in [0.3, 0.4) is 0 Å². The molecule has 2 aliphatic rings. The number of piperidine rings is 1. The Kier molecular flexibility index (Phi) is 10.5. The van der Waals surface area contributed by atoms with Gasteiger partial charge in [-0.05, 0) is 55.3 Å². The van der Waals surface area contributed by atoms with Crippen LogP contribution in [0.4, 0.5) is 0 Å². The third-order valence-corrected chi connectivity index (χ3v) is 9.52. The van der Waals surface area contributed by atoms with Crippen molar-refractivity contribution in [1.82, 2.24) is 25.3 Å². The summed E-state index contributed by atoms with van der Waals surface area (Å²) in [4.78, 5) is 36.6. The second-order valence-electron chi connectivity index (χ2n) is 11.9. The van der Waals surface area contributed by atoms with Gasteiger partial charge < -0.3 is 29.3 Å². The molecule has 2 aliphatic heterocycles. The number of likely N-dealkylation sites (tertiary alicyclic amines) is 2. The zero-order chi connectivity index (χ0) is 31.2. The molecule has 238 valence electrons. The second kappa shape index (κ2) is 14.5. The van der Waals surface area contributed by atoms with Gasteiger partial charge in [0.15, 0.2) is 5.76 Å². The predicted octanol–water partition coefficient (Wildman–Crippen LogP) is 4.00. The Labute approximate surface area is 262 Å². The van der Waals surface area contributed by atoms with Crippen molar-refractivity contribution in [3.63, 3.8) is 0 Å². The molecule has 2 atom stereocenters. The first-order chi connectivity index (χ1) is 21.2. The Bertz CT molecular complexity index is 1420. The number of benzene rings is 1. The van der Waals surface area contributed by atoms with Crippen LogP contribution in [0.25, 0.3) is 10.4 Å². The number of carbonyl (C=O) groups excluding carboxylic acids is 2. The first kappa shape index (κ1) is 31.9. The number of aliphatic hydroxyl groups excluding tert-OH is 1. The molecule has 44 heavy (non-hydrogen) atoms. The van der Waals surface area contributed by atoms with Crippen molar-refractivity contribution in [3.05, 3.63) is 46.8 Å². The minimum Gasteiger partial charge on any atom is -0.496 e. The van der Waals surface area contributed by atoms with Gasteiger partial charge in [-0.1, -0.05) is 26.0 Å². The van der Waals surface area contributed by atoms with Crippen LogP contribution in [-0.2, 0) is 16.1 Å². The zero-order valence-electron chi connectivity index (χ0n) is 26.0. The molecule has 3 aromatic rings. The summed E-state index contributed by atoms with van der Waals surface area (Å²) < 4.78 is 17.1. The first-order valence-electron chi connectivity index (χ1n) is 15.4. The van der Waals surface area contributed by atoms with Crippen LogP contribution in [-0.4, -0.2) is 88.9 Å². The number of ether oxygens (including phenoxy) is 2. The molecule has 0 unspecified atom stereocenters. The number of hydrogen-bond acceptors (Lipinski definition) is 10. The number of thiazole rings is 1. The lowest BCUT2D eigenvalue weighted by Crippen LogP contribution is -2.47. The predicted molar refractivity (Wildman–Crippen MR) is 167 cm³/mol. The molecule has 2 N–H and O–H groups in total. The van der Waals surface area contributed by atoms with Crippen LogP contribution in [0.2, 0.25) is 0 Å². The molecule has 12 heteroatoms. The molecule has 11 nitrogen and oxygen atoms in total. The number of aryl methyl sites for hydroxylation is 1. The fourth-order valence-electron chi connectivity index (χ4n) is 6.04. The van der Waals surface area contributed by atoms with E-state index < -0.39 is 12.0 Å². The number of hydrogen-bond donors (Lipinski definition) is 2. The number of nitrogens with one attached hydrogen (secondary N) is 1. The van der Waals surface area contributed by atoms with E-state index in [0.717, 1.165) is 60.6 Å². The maximum absolute atomic E-state index is 13.9. The highest BCUT2D eigenvalue weighted by molar-refractivity contribution is 7.13. The van der Waals surface area contributed by atoms with Crippen LogP contribution >= 0.6 is 11.3 Å². The summed E-state index contributed by atoms with van der Waals surface area (Å²) >= 11 is 1.58. The van der Waals surface area contributed by atoms with Crippen LogP contribution in [0.1, 0.15) is 62.5 Å². The summed E-state index contributed by atoms with van der Waals surface area (Å²) in [6.45, 7) is 9.56. The topological polar surface area (TPSA) is 130 Å². The number of rotatable bonds is 12. The lowest BCUT2D eigenvalue weighted by atomic mass is 9.91. The summed E-state index contributed by atoms with van der Waals surface area (Å²) in [7, 11) is 1.62. The molecule has 0 radical (unpaired) electrons. The molecular formula is C32H43N5O6S. The number of nitrogens with zero attached hydrogens (tertiary/aromatic N) is 4. The van der Waals surface area contributed by atoms with E-state index in [9.17, 15) is 14.7 Å². The molecule has 5 rings (SSSR count). The van der Waals surface area contributed by atoms with Gasteiger partial charge in [0, 0.05) is 44.4 Å². The fourth-order valence-corrected chi connectivity index (χ4v) is 6.84. The second-order valence-corrected chi connectivity index (χ2v) is 12.8. The van der Waals surface area contributed by atoms with Crippen LogP contribution in [0.15, 0.2) is 34.3 Å². The SMILES string of the molecule is COc1cc(-c2scnc2C)ccc1CNC(=O)[C@@H]1CCCN1C(=O)[C@H](c1cc(OCCN2CCC(O)CC2)no1)C(C)C. The van der Waals surface area contributed by atoms with E-state index >= 15 is 0 Å². The van der Waals surface area contributed by atoms with Crippen LogP contribution in [0.5, 0.6) is 11.6 Å². The van der Waals surface area contributed by atoms with Gasteiger partial charge in [-0.3, -0.25) is 14.5 Å². The van der Waals surface area contributed by atoms with Gasteiger partial charge in [-0.25, -0.2) is 4.98 Å². The number of amides is 2. The smallest absolute Gasteiger partial charge is 0.254 e. The molecular weight excluding hydrogens is 582 g/mol. The molecule has 0 bridgehead atoms. The van der Waals surface area contributed by atoms with Crippen molar-refractivity contribution in [2.75, 3.05) is 39.9 Å². The Balaban J connectivity index is 1.19. The first-order valence-corrected chi connectivity index (χ1v) is 16.3. The lowest BCUT2D eigenvalue weighted by molar-refractivity contribution is -0.140. The zero-order valence-corrected chi connectivity index (χ0v) is 26.8. The van der Waals surface area contributed by atoms with E-state index in [0.29, 0.717) is 37.0 Å². The minimum absolute atomic E-state index is 0.0719. The Hall–Kier alpha value is -3.48. The summed E-state index contributed by atoms with van der Waals surface area (Å²) in [6.07, 6.45) is 2.69. The van der Waals surface area contributed by atoms with Crippen molar-refractivity contribution in [2.45, 2.75) is 71.1 Å². The van der Waals surface area contributed by atoms with E-state index in [1.165, 1.54) is 0 Å². The van der Waals surface area contributed by atoms with Crippen molar-refractivity contribution in [3.8, 4) is 22.1 Å². The molecule has 2 fully saturated rings. The Morgan fingerprint density at radius 3 is 2.68 bits per heavy atom. The Morgan fingerprint density at radius 2 is 1.98 bits per heavy atom. The number of aromatic nitrogens is 2. The summed E-state index contributed by atoms with van der Waals surface area (Å²) in [5, 5.41) is 16.8. The summed E-state index contributed by atoms with van der Waals surface area (Å²) in [5.74, 6) is 0.485. The third kappa shape index (κ3) is 7.41. The average Bonchev–Trinajstić information content (AvgIpc) is 3.78. The number of aliphatic hydroxyl groups is 1. The molecule has 0 aliphatic carbocycles. The normalized spacial score (nSPS) is 18.5. The van der Waals surface area contributed by atoms with Crippen molar-refractivity contribution in [1.29, 1.82) is 0 Å². The van der Waals surface area contributed by atoms with Crippen LogP contribution in [0, 0.1) is 12.8 Å². The van der Waals surface area contributed by atoms with Crippen molar-refractivity contribution in [2.24, 2.45) is 5.92 Å². The highest BCUT2D eigenvalue weighted by atomic mass is 32.1. The van der Waals surface area contributed by atoms with E-state index in [1.54, 1.807) is 29.4 Å². The van der Waals surface area contributed by atoms with Gasteiger partial charge in [-0.15, -0.1) is 11.3 Å². The summed E-state index contributed by atoms with van der Waals surface area (Å²) in [5.41, 5.74) is 4.67. The van der Waals surface area contributed by atoms with Crippen molar-refractivity contribution >= 4 is 23.2 Å². The number of methoxy groups -OCH3 is 1. The van der Waals surface area contributed by atoms with E-state index in [2.05, 4.69) is 20.4 Å². The molecule has 2 saturated heterocycles. The van der Waals surface area contributed by atoms with Gasteiger partial charge in [0.25, 0.3) is 5.88 Å². The molecule has 0 spiro atoms. The standard InChI is InChI=1S/C32H43N5O6S/c1-20(2)29(27-17-28(35-43-27)42-15-14-36-12-9-24(38)10-13-36)32(40)37-11-5-6-25(37)31(39)33-18-23-8-7-22(16-26(23)41-4)30-21(3)34-19-44-30/h7-8,16-17,19-20,24-25,29,38H,5-6,9-15,18H2,1-4H3,(H,33,39)/t25-,29-/m0/s1. The lowest BCUT2D eigenvalue weighted by Gasteiger charge is -2.29. The number of carbonyl (C=O) groups is 2. The largest absolute Gasteiger partial charge is 0.496 e. The monoisotopic (exact) mass is 625 g/mol. The van der Waals surface area contributed by atoms with Crippen molar-refractivity contribution < 1.29 is 28.7 Å². The highest BCUT2D eigenvalue weighted by Gasteiger charge is 2.40. The summed E-state index contributed by atoms with van der Waals surface area (Å²) in [6, 6.07) is 7.07. The highest BCUT2D eigenvalue weighted by Crippen LogP contribution is 2.34. The van der Waals surface area contributed by atoms with Gasteiger partial charge >= 0.3 is 0 Å². The van der Waals surface area contributed by atoms with Gasteiger partial charge in [0.2, 0.25) is 11.8 Å². The maximum atomic E-state index is 13.9. The van der Waals surface area contributed by atoms with E-state index in [-0.39, 0.29) is 30.4 Å². The van der Waals surface area contributed by atoms with E-state index in [1.807, 2.05) is 44.5 Å². The van der Waals surface area contributed by atoms with Crippen LogP contribution < -0.4 is 14.8 Å². The average molecular weight is 626 g/mol. The van der Waals surface area contributed by atoms with E-state index in [4.69, 9.17) is 14.0 Å². The molecule has 0 saturated carbocycles.